The number of hydrogen-bond acceptors (Lipinski definition) is 4. The molecule has 0 spiro atoms. The first kappa shape index (κ1) is 15.9. The van der Waals surface area contributed by atoms with Gasteiger partial charge in [0.05, 0.1) is 5.69 Å². The van der Waals surface area contributed by atoms with Crippen molar-refractivity contribution >= 4 is 5.69 Å². The molecule has 0 aromatic carbocycles. The Bertz CT molecular complexity index is 363. The van der Waals surface area contributed by atoms with E-state index >= 15 is 0 Å². The minimum absolute atomic E-state index is 0.672. The minimum atomic E-state index is 0.672. The summed E-state index contributed by atoms with van der Waals surface area (Å²) in [4.78, 5) is 8.88. The fraction of sp³-hybridized carbons (Fsp3) is 0.667. The summed E-state index contributed by atoms with van der Waals surface area (Å²) in [5, 5.41) is 3.43. The molecule has 0 saturated carbocycles. The molecule has 0 aliphatic carbocycles. The van der Waals surface area contributed by atoms with Gasteiger partial charge in [0.1, 0.15) is 0 Å². The van der Waals surface area contributed by atoms with E-state index in [-0.39, 0.29) is 0 Å². The molecular weight excluding hydrogens is 236 g/mol. The molecule has 0 unspecified atom stereocenters. The highest BCUT2D eigenvalue weighted by Gasteiger charge is 2.03. The zero-order chi connectivity index (χ0) is 14.3. The van der Waals surface area contributed by atoms with Gasteiger partial charge in [0, 0.05) is 38.6 Å². The van der Waals surface area contributed by atoms with Crippen LogP contribution in [0.2, 0.25) is 0 Å². The van der Waals surface area contributed by atoms with Crippen molar-refractivity contribution < 1.29 is 0 Å². The Morgan fingerprint density at radius 1 is 1.21 bits per heavy atom. The maximum atomic E-state index is 4.41. The van der Waals surface area contributed by atoms with E-state index in [1.165, 1.54) is 5.69 Å². The summed E-state index contributed by atoms with van der Waals surface area (Å²) < 4.78 is 0. The van der Waals surface area contributed by atoms with Crippen molar-refractivity contribution in [2.24, 2.45) is 5.92 Å². The average molecular weight is 264 g/mol. The number of aromatic nitrogens is 1. The van der Waals surface area contributed by atoms with Crippen molar-refractivity contribution in [1.29, 1.82) is 0 Å². The van der Waals surface area contributed by atoms with E-state index in [0.29, 0.717) is 5.92 Å². The smallest absolute Gasteiger partial charge is 0.0562 e. The Balaban J connectivity index is 2.51. The molecule has 1 aromatic rings. The van der Waals surface area contributed by atoms with Crippen LogP contribution in [0.15, 0.2) is 18.3 Å². The molecule has 0 fully saturated rings. The topological polar surface area (TPSA) is 31.4 Å². The van der Waals surface area contributed by atoms with Gasteiger partial charge < -0.3 is 15.1 Å². The highest BCUT2D eigenvalue weighted by atomic mass is 15.2. The van der Waals surface area contributed by atoms with Crippen molar-refractivity contribution in [3.05, 3.63) is 24.0 Å². The van der Waals surface area contributed by atoms with E-state index in [0.717, 1.165) is 31.9 Å². The second kappa shape index (κ2) is 8.12. The van der Waals surface area contributed by atoms with Crippen LogP contribution in [-0.4, -0.2) is 50.7 Å². The third kappa shape index (κ3) is 6.55. The zero-order valence-corrected chi connectivity index (χ0v) is 13.0. The van der Waals surface area contributed by atoms with Gasteiger partial charge in [0.15, 0.2) is 0 Å². The van der Waals surface area contributed by atoms with E-state index < -0.39 is 0 Å². The second-order valence-corrected chi connectivity index (χ2v) is 5.75. The molecule has 0 bridgehead atoms. The SMILES string of the molecule is CC(C)CNCc1cc(N(C)CCN(C)C)ccn1. The van der Waals surface area contributed by atoms with Crippen LogP contribution in [0.1, 0.15) is 19.5 Å². The fourth-order valence-corrected chi connectivity index (χ4v) is 1.77. The van der Waals surface area contributed by atoms with Gasteiger partial charge in [-0.2, -0.15) is 0 Å². The Morgan fingerprint density at radius 2 is 1.95 bits per heavy atom. The highest BCUT2D eigenvalue weighted by Crippen LogP contribution is 2.12. The molecule has 0 amide bonds. The summed E-state index contributed by atoms with van der Waals surface area (Å²) in [5.74, 6) is 0.672. The molecule has 4 heteroatoms. The van der Waals surface area contributed by atoms with E-state index in [1.807, 2.05) is 6.20 Å². The van der Waals surface area contributed by atoms with Crippen LogP contribution in [0.3, 0.4) is 0 Å². The van der Waals surface area contributed by atoms with Crippen molar-refractivity contribution in [2.75, 3.05) is 45.7 Å². The van der Waals surface area contributed by atoms with Crippen LogP contribution in [-0.2, 0) is 6.54 Å². The monoisotopic (exact) mass is 264 g/mol. The normalized spacial score (nSPS) is 11.3. The van der Waals surface area contributed by atoms with Gasteiger partial charge in [-0.3, -0.25) is 4.98 Å². The maximum Gasteiger partial charge on any atom is 0.0562 e. The quantitative estimate of drug-likeness (QED) is 0.776. The van der Waals surface area contributed by atoms with E-state index in [4.69, 9.17) is 0 Å². The molecule has 1 N–H and O–H groups in total. The molecule has 108 valence electrons. The van der Waals surface area contributed by atoms with Crippen molar-refractivity contribution in [3.63, 3.8) is 0 Å². The number of anilines is 1. The van der Waals surface area contributed by atoms with Gasteiger partial charge in [-0.05, 0) is 38.7 Å². The second-order valence-electron chi connectivity index (χ2n) is 5.75. The van der Waals surface area contributed by atoms with E-state index in [1.54, 1.807) is 0 Å². The van der Waals surface area contributed by atoms with Gasteiger partial charge in [-0.1, -0.05) is 13.8 Å². The van der Waals surface area contributed by atoms with Crippen molar-refractivity contribution in [2.45, 2.75) is 20.4 Å². The molecule has 0 aliphatic rings. The summed E-state index contributed by atoms with van der Waals surface area (Å²) in [6, 6.07) is 4.24. The third-order valence-electron chi connectivity index (χ3n) is 2.98. The van der Waals surface area contributed by atoms with Crippen LogP contribution in [0.4, 0.5) is 5.69 Å². The Labute approximate surface area is 117 Å². The largest absolute Gasteiger partial charge is 0.373 e. The maximum absolute atomic E-state index is 4.41. The van der Waals surface area contributed by atoms with E-state index in [9.17, 15) is 0 Å². The van der Waals surface area contributed by atoms with Crippen LogP contribution in [0.5, 0.6) is 0 Å². The zero-order valence-electron chi connectivity index (χ0n) is 13.0. The van der Waals surface area contributed by atoms with Crippen molar-refractivity contribution in [1.82, 2.24) is 15.2 Å². The first-order chi connectivity index (χ1) is 8.99. The number of likely N-dealkylation sites (N-methyl/N-ethyl adjacent to an activating group) is 2. The fourth-order valence-electron chi connectivity index (χ4n) is 1.77. The molecule has 1 rings (SSSR count). The van der Waals surface area contributed by atoms with E-state index in [2.05, 4.69) is 67.2 Å². The molecule has 0 atom stereocenters. The lowest BCUT2D eigenvalue weighted by Crippen LogP contribution is -2.28. The van der Waals surface area contributed by atoms with Crippen LogP contribution in [0.25, 0.3) is 0 Å². The van der Waals surface area contributed by atoms with Gasteiger partial charge >= 0.3 is 0 Å². The van der Waals surface area contributed by atoms with Gasteiger partial charge in [-0.25, -0.2) is 0 Å². The third-order valence-corrected chi connectivity index (χ3v) is 2.98. The first-order valence-corrected chi connectivity index (χ1v) is 7.00. The summed E-state index contributed by atoms with van der Waals surface area (Å²) in [5.41, 5.74) is 2.34. The number of pyridine rings is 1. The van der Waals surface area contributed by atoms with Crippen LogP contribution >= 0.6 is 0 Å². The number of nitrogens with one attached hydrogen (secondary N) is 1. The summed E-state index contributed by atoms with van der Waals surface area (Å²) in [6.07, 6.45) is 1.90. The molecular formula is C15H28N4. The standard InChI is InChI=1S/C15H28N4/c1-13(2)11-16-12-14-10-15(6-7-17-14)19(5)9-8-18(3)4/h6-7,10,13,16H,8-9,11-12H2,1-5H3. The number of nitrogens with zero attached hydrogens (tertiary/aromatic N) is 3. The minimum Gasteiger partial charge on any atom is -0.373 e. The number of rotatable bonds is 8. The van der Waals surface area contributed by atoms with Crippen LogP contribution < -0.4 is 10.2 Å². The lowest BCUT2D eigenvalue weighted by molar-refractivity contribution is 0.416. The predicted molar refractivity (Wildman–Crippen MR) is 82.6 cm³/mol. The van der Waals surface area contributed by atoms with Crippen LogP contribution in [0, 0.1) is 5.92 Å². The van der Waals surface area contributed by atoms with Gasteiger partial charge in [-0.15, -0.1) is 0 Å². The summed E-state index contributed by atoms with van der Waals surface area (Å²) in [7, 11) is 6.33. The molecule has 0 aliphatic heterocycles. The Kier molecular flexibility index (Phi) is 6.81. The predicted octanol–water partition coefficient (Wildman–Crippen LogP) is 1.82. The molecule has 1 aromatic heterocycles. The van der Waals surface area contributed by atoms with Gasteiger partial charge in [0.25, 0.3) is 0 Å². The molecule has 19 heavy (non-hydrogen) atoms. The molecule has 0 saturated heterocycles. The van der Waals surface area contributed by atoms with Crippen molar-refractivity contribution in [3.8, 4) is 0 Å². The lowest BCUT2D eigenvalue weighted by atomic mass is 10.2. The average Bonchev–Trinajstić information content (AvgIpc) is 2.36. The molecule has 4 nitrogen and oxygen atoms in total. The number of hydrogen-bond donors (Lipinski definition) is 1. The van der Waals surface area contributed by atoms with Gasteiger partial charge in [0.2, 0.25) is 0 Å². The lowest BCUT2D eigenvalue weighted by Gasteiger charge is -2.22. The molecule has 0 radical (unpaired) electrons. The summed E-state index contributed by atoms with van der Waals surface area (Å²) in [6.45, 7) is 8.38. The summed E-state index contributed by atoms with van der Waals surface area (Å²) >= 11 is 0. The Hall–Kier alpha value is -1.13. The first-order valence-electron chi connectivity index (χ1n) is 7.00. The highest BCUT2D eigenvalue weighted by molar-refractivity contribution is 5.45. The molecule has 1 heterocycles. The Morgan fingerprint density at radius 3 is 2.58 bits per heavy atom.